The molecular formula is C14H11ClO2. The van der Waals surface area contributed by atoms with E-state index in [1.165, 1.54) is 6.08 Å². The Hall–Kier alpha value is -1.80. The van der Waals surface area contributed by atoms with Crippen LogP contribution in [0.1, 0.15) is 21.9 Å². The van der Waals surface area contributed by atoms with E-state index in [1.807, 2.05) is 19.1 Å². The molecule has 0 aliphatic heterocycles. The molecule has 0 amide bonds. The first-order chi connectivity index (χ1) is 8.15. The zero-order chi connectivity index (χ0) is 12.3. The molecule has 1 heterocycles. The van der Waals surface area contributed by atoms with Crippen LogP contribution in [0.5, 0.6) is 0 Å². The topological polar surface area (TPSA) is 30.2 Å². The van der Waals surface area contributed by atoms with Crippen molar-refractivity contribution < 1.29 is 9.21 Å². The highest BCUT2D eigenvalue weighted by molar-refractivity contribution is 6.30. The zero-order valence-electron chi connectivity index (χ0n) is 9.31. The minimum atomic E-state index is -0.0734. The number of carbonyl (C=O) groups is 1. The van der Waals surface area contributed by atoms with Gasteiger partial charge in [-0.15, -0.1) is 0 Å². The number of carbonyl (C=O) groups excluding carboxylic acids is 1. The van der Waals surface area contributed by atoms with E-state index in [-0.39, 0.29) is 5.78 Å². The van der Waals surface area contributed by atoms with Gasteiger partial charge in [-0.1, -0.05) is 11.6 Å². The van der Waals surface area contributed by atoms with Crippen LogP contribution in [-0.4, -0.2) is 5.78 Å². The summed E-state index contributed by atoms with van der Waals surface area (Å²) in [5, 5.41) is 0.618. The van der Waals surface area contributed by atoms with Crippen LogP contribution in [0.25, 0.3) is 6.08 Å². The molecule has 1 aromatic heterocycles. The van der Waals surface area contributed by atoms with Crippen molar-refractivity contribution in [3.63, 3.8) is 0 Å². The molecule has 2 rings (SSSR count). The van der Waals surface area contributed by atoms with E-state index in [1.54, 1.807) is 30.3 Å². The van der Waals surface area contributed by atoms with Crippen LogP contribution in [0.3, 0.4) is 0 Å². The summed E-state index contributed by atoms with van der Waals surface area (Å²) in [5.41, 5.74) is 0.605. The lowest BCUT2D eigenvalue weighted by Gasteiger charge is -1.95. The van der Waals surface area contributed by atoms with Crippen LogP contribution in [0.4, 0.5) is 0 Å². The van der Waals surface area contributed by atoms with E-state index in [0.29, 0.717) is 16.3 Å². The maximum absolute atomic E-state index is 11.8. The molecule has 0 aliphatic rings. The lowest BCUT2D eigenvalue weighted by molar-refractivity contribution is 0.104. The van der Waals surface area contributed by atoms with Crippen LogP contribution in [0.15, 0.2) is 46.9 Å². The van der Waals surface area contributed by atoms with Gasteiger partial charge in [0.15, 0.2) is 5.78 Å². The van der Waals surface area contributed by atoms with Gasteiger partial charge in [0.2, 0.25) is 0 Å². The number of furan rings is 1. The number of halogens is 1. The van der Waals surface area contributed by atoms with Gasteiger partial charge in [0, 0.05) is 10.6 Å². The second-order valence-corrected chi connectivity index (χ2v) is 4.09. The van der Waals surface area contributed by atoms with Gasteiger partial charge in [-0.2, -0.15) is 0 Å². The second kappa shape index (κ2) is 5.02. The van der Waals surface area contributed by atoms with Gasteiger partial charge in [0.1, 0.15) is 11.5 Å². The molecule has 3 heteroatoms. The average Bonchev–Trinajstić information content (AvgIpc) is 2.73. The summed E-state index contributed by atoms with van der Waals surface area (Å²) in [7, 11) is 0. The molecule has 86 valence electrons. The molecule has 2 aromatic rings. The fourth-order valence-electron chi connectivity index (χ4n) is 1.41. The van der Waals surface area contributed by atoms with Crippen molar-refractivity contribution in [3.8, 4) is 0 Å². The van der Waals surface area contributed by atoms with Crippen LogP contribution in [-0.2, 0) is 0 Å². The first kappa shape index (κ1) is 11.7. The fourth-order valence-corrected chi connectivity index (χ4v) is 1.54. The summed E-state index contributed by atoms with van der Waals surface area (Å²) in [4.78, 5) is 11.8. The summed E-state index contributed by atoms with van der Waals surface area (Å²) in [6.45, 7) is 1.86. The number of hydrogen-bond acceptors (Lipinski definition) is 2. The van der Waals surface area contributed by atoms with Crippen molar-refractivity contribution in [2.24, 2.45) is 0 Å². The third-order valence-corrected chi connectivity index (χ3v) is 2.54. The summed E-state index contributed by atoms with van der Waals surface area (Å²) >= 11 is 5.75. The van der Waals surface area contributed by atoms with Crippen molar-refractivity contribution in [2.75, 3.05) is 0 Å². The zero-order valence-corrected chi connectivity index (χ0v) is 10.1. The molecule has 0 atom stereocenters. The van der Waals surface area contributed by atoms with Gasteiger partial charge >= 0.3 is 0 Å². The molecule has 17 heavy (non-hydrogen) atoms. The first-order valence-electron chi connectivity index (χ1n) is 5.19. The van der Waals surface area contributed by atoms with E-state index >= 15 is 0 Å². The van der Waals surface area contributed by atoms with Gasteiger partial charge < -0.3 is 4.42 Å². The molecular weight excluding hydrogens is 236 g/mol. The van der Waals surface area contributed by atoms with Crippen molar-refractivity contribution in [3.05, 3.63) is 64.6 Å². The maximum Gasteiger partial charge on any atom is 0.185 e. The van der Waals surface area contributed by atoms with Crippen LogP contribution in [0.2, 0.25) is 5.02 Å². The number of rotatable bonds is 3. The Morgan fingerprint density at radius 2 is 1.88 bits per heavy atom. The fraction of sp³-hybridized carbons (Fsp3) is 0.0714. The van der Waals surface area contributed by atoms with Gasteiger partial charge in [-0.25, -0.2) is 0 Å². The largest absolute Gasteiger partial charge is 0.462 e. The summed E-state index contributed by atoms with van der Waals surface area (Å²) in [5.74, 6) is 1.42. The SMILES string of the molecule is Cc1ccc(C=CC(=O)c2ccc(Cl)cc2)o1. The van der Waals surface area contributed by atoms with Crippen molar-refractivity contribution >= 4 is 23.5 Å². The molecule has 0 spiro atoms. The summed E-state index contributed by atoms with van der Waals surface area (Å²) in [6, 6.07) is 10.5. The minimum Gasteiger partial charge on any atom is -0.462 e. The average molecular weight is 247 g/mol. The normalized spacial score (nSPS) is 10.9. The predicted octanol–water partition coefficient (Wildman–Crippen LogP) is 4.14. The third-order valence-electron chi connectivity index (χ3n) is 2.29. The first-order valence-corrected chi connectivity index (χ1v) is 5.57. The van der Waals surface area contributed by atoms with Crippen molar-refractivity contribution in [2.45, 2.75) is 6.92 Å². The Morgan fingerprint density at radius 3 is 2.47 bits per heavy atom. The van der Waals surface area contributed by atoms with E-state index in [9.17, 15) is 4.79 Å². The number of hydrogen-bond donors (Lipinski definition) is 0. The van der Waals surface area contributed by atoms with Gasteiger partial charge in [-0.05, 0) is 55.5 Å². The molecule has 0 aliphatic carbocycles. The number of allylic oxidation sites excluding steroid dienone is 1. The minimum absolute atomic E-state index is 0.0734. The van der Waals surface area contributed by atoms with Crippen molar-refractivity contribution in [1.82, 2.24) is 0 Å². The highest BCUT2D eigenvalue weighted by Gasteiger charge is 2.01. The highest BCUT2D eigenvalue weighted by Crippen LogP contribution is 2.12. The smallest absolute Gasteiger partial charge is 0.185 e. The Balaban J connectivity index is 2.11. The van der Waals surface area contributed by atoms with Crippen LogP contribution < -0.4 is 0 Å². The molecule has 1 aromatic carbocycles. The van der Waals surface area contributed by atoms with E-state index in [2.05, 4.69) is 0 Å². The molecule has 0 radical (unpaired) electrons. The van der Waals surface area contributed by atoms with E-state index < -0.39 is 0 Å². The number of aryl methyl sites for hydroxylation is 1. The van der Waals surface area contributed by atoms with Crippen LogP contribution in [0, 0.1) is 6.92 Å². The molecule has 0 fully saturated rings. The van der Waals surface area contributed by atoms with Gasteiger partial charge in [-0.3, -0.25) is 4.79 Å². The Labute approximate surface area is 105 Å². The predicted molar refractivity (Wildman–Crippen MR) is 68.3 cm³/mol. The molecule has 0 bridgehead atoms. The second-order valence-electron chi connectivity index (χ2n) is 3.65. The monoisotopic (exact) mass is 246 g/mol. The van der Waals surface area contributed by atoms with E-state index in [4.69, 9.17) is 16.0 Å². The molecule has 0 saturated heterocycles. The van der Waals surface area contributed by atoms with E-state index in [0.717, 1.165) is 5.76 Å². The van der Waals surface area contributed by atoms with Gasteiger partial charge in [0.05, 0.1) is 0 Å². The number of benzene rings is 1. The Kier molecular flexibility index (Phi) is 3.45. The lowest BCUT2D eigenvalue weighted by atomic mass is 10.1. The third kappa shape index (κ3) is 3.08. The lowest BCUT2D eigenvalue weighted by Crippen LogP contribution is -1.92. The Bertz CT molecular complexity index is 550. The quantitative estimate of drug-likeness (QED) is 0.602. The molecule has 0 saturated carbocycles. The molecule has 0 N–H and O–H groups in total. The standard InChI is InChI=1S/C14H11ClO2/c1-10-2-7-13(17-10)8-9-14(16)11-3-5-12(15)6-4-11/h2-9H,1H3. The molecule has 2 nitrogen and oxygen atoms in total. The molecule has 0 unspecified atom stereocenters. The number of ketones is 1. The highest BCUT2D eigenvalue weighted by atomic mass is 35.5. The Morgan fingerprint density at radius 1 is 1.18 bits per heavy atom. The van der Waals surface area contributed by atoms with Crippen molar-refractivity contribution in [1.29, 1.82) is 0 Å². The summed E-state index contributed by atoms with van der Waals surface area (Å²) < 4.78 is 5.33. The summed E-state index contributed by atoms with van der Waals surface area (Å²) in [6.07, 6.45) is 3.14. The van der Waals surface area contributed by atoms with Crippen LogP contribution >= 0.6 is 11.6 Å². The maximum atomic E-state index is 11.8. The van der Waals surface area contributed by atoms with Gasteiger partial charge in [0.25, 0.3) is 0 Å².